The van der Waals surface area contributed by atoms with E-state index in [-0.39, 0.29) is 46.6 Å². The monoisotopic (exact) mass is 586 g/mol. The predicted molar refractivity (Wildman–Crippen MR) is 140 cm³/mol. The number of carbonyl (C=O) groups excluding carboxylic acids is 1. The quantitative estimate of drug-likeness (QED) is 0.285. The molecule has 1 unspecified atom stereocenters. The molecule has 3 aromatic rings. The Morgan fingerprint density at radius 2 is 1.73 bits per heavy atom. The molecule has 0 saturated carbocycles. The molecule has 0 saturated heterocycles. The van der Waals surface area contributed by atoms with E-state index in [0.717, 1.165) is 12.1 Å². The highest BCUT2D eigenvalue weighted by Gasteiger charge is 2.59. The first-order chi connectivity index (χ1) is 18.6. The molecule has 1 aromatic heterocycles. The van der Waals surface area contributed by atoms with E-state index >= 15 is 4.39 Å². The Morgan fingerprint density at radius 1 is 1.02 bits per heavy atom. The summed E-state index contributed by atoms with van der Waals surface area (Å²) in [7, 11) is 1.29. The van der Waals surface area contributed by atoms with Gasteiger partial charge in [-0.25, -0.2) is 13.8 Å². The average Bonchev–Trinajstić information content (AvgIpc) is 2.90. The van der Waals surface area contributed by atoms with E-state index < -0.39 is 41.2 Å². The van der Waals surface area contributed by atoms with Crippen molar-refractivity contribution < 1.29 is 41.3 Å². The number of carbonyl (C=O) groups is 1. The highest BCUT2D eigenvalue weighted by molar-refractivity contribution is 6.31. The molecule has 0 bridgehead atoms. The second-order valence-electron chi connectivity index (χ2n) is 9.92. The van der Waals surface area contributed by atoms with Crippen LogP contribution in [0.1, 0.15) is 42.4 Å². The van der Waals surface area contributed by atoms with Crippen LogP contribution in [-0.4, -0.2) is 49.0 Å². The van der Waals surface area contributed by atoms with Crippen LogP contribution in [0.5, 0.6) is 11.5 Å². The maximum Gasteiger partial charge on any atom is 0.430 e. The Hall–Kier alpha value is -3.44. The zero-order valence-corrected chi connectivity index (χ0v) is 22.9. The largest absolute Gasteiger partial charge is 0.493 e. The number of amides is 1. The lowest BCUT2D eigenvalue weighted by molar-refractivity contribution is -0.234. The fourth-order valence-corrected chi connectivity index (χ4v) is 3.87. The van der Waals surface area contributed by atoms with Crippen molar-refractivity contribution in [1.82, 2.24) is 10.3 Å². The van der Waals surface area contributed by atoms with Gasteiger partial charge in [-0.1, -0.05) is 32.4 Å². The van der Waals surface area contributed by atoms with Gasteiger partial charge in [0, 0.05) is 11.1 Å². The van der Waals surface area contributed by atoms with Gasteiger partial charge < -0.3 is 19.9 Å². The van der Waals surface area contributed by atoms with Crippen molar-refractivity contribution in [2.24, 2.45) is 0 Å². The molecule has 0 spiro atoms. The van der Waals surface area contributed by atoms with Crippen molar-refractivity contribution in [3.05, 3.63) is 76.2 Å². The molecule has 216 valence electrons. The molecule has 12 heteroatoms. The molecule has 2 N–H and O–H groups in total. The van der Waals surface area contributed by atoms with Crippen LogP contribution in [0.4, 0.5) is 22.0 Å². The number of halogens is 6. The second kappa shape index (κ2) is 12.0. The van der Waals surface area contributed by atoms with Crippen LogP contribution in [-0.2, 0) is 11.1 Å². The Morgan fingerprint density at radius 3 is 2.30 bits per heavy atom. The number of aliphatic hydroxyl groups excluding tert-OH is 1. The lowest BCUT2D eigenvalue weighted by Gasteiger charge is -2.30. The molecule has 3 rings (SSSR count). The Balaban J connectivity index is 2.02. The molecule has 0 aliphatic carbocycles. The Kier molecular flexibility index (Phi) is 9.31. The number of pyridine rings is 1. The minimum absolute atomic E-state index is 0.0508. The maximum atomic E-state index is 16.1. The van der Waals surface area contributed by atoms with Crippen molar-refractivity contribution in [1.29, 1.82) is 0 Å². The lowest BCUT2D eigenvalue weighted by Crippen LogP contribution is -2.48. The topological polar surface area (TPSA) is 80.7 Å². The standard InChI is InChI=1S/C28H28ClF5N2O4/c1-26(2,3)18-13-21(16-5-7-20(30)19(29)11-16)36-24(14-18)27(31,28(32,33)34)15-35-25(38)17-6-8-22(40-10-9-37)23(12-17)39-4/h5-8,11-14,37H,9-10,15H2,1-4H3,(H,35,38). The van der Waals surface area contributed by atoms with E-state index in [1.54, 1.807) is 20.8 Å². The van der Waals surface area contributed by atoms with Gasteiger partial charge in [0.25, 0.3) is 11.6 Å². The summed E-state index contributed by atoms with van der Waals surface area (Å²) in [5.74, 6) is -1.46. The number of aliphatic hydroxyl groups is 1. The van der Waals surface area contributed by atoms with Crippen molar-refractivity contribution in [3.8, 4) is 22.8 Å². The van der Waals surface area contributed by atoms with Crippen LogP contribution in [0.3, 0.4) is 0 Å². The van der Waals surface area contributed by atoms with E-state index in [1.165, 1.54) is 43.5 Å². The van der Waals surface area contributed by atoms with Crippen molar-refractivity contribution in [2.75, 3.05) is 26.9 Å². The third kappa shape index (κ3) is 6.82. The summed E-state index contributed by atoms with van der Waals surface area (Å²) in [6, 6.07) is 9.79. The molecule has 1 amide bonds. The van der Waals surface area contributed by atoms with Crippen LogP contribution in [0.15, 0.2) is 48.5 Å². The van der Waals surface area contributed by atoms with Crippen LogP contribution in [0.25, 0.3) is 11.3 Å². The molecule has 0 radical (unpaired) electrons. The Labute approximate surface area is 233 Å². The van der Waals surface area contributed by atoms with Gasteiger partial charge in [-0.15, -0.1) is 0 Å². The normalized spacial score (nSPS) is 13.5. The molecule has 1 heterocycles. The molecule has 0 aliphatic rings. The summed E-state index contributed by atoms with van der Waals surface area (Å²) < 4.78 is 83.2. The summed E-state index contributed by atoms with van der Waals surface area (Å²) in [6.07, 6.45) is -5.47. The van der Waals surface area contributed by atoms with Crippen LogP contribution in [0.2, 0.25) is 5.02 Å². The number of aromatic nitrogens is 1. The SMILES string of the molecule is COc1cc(C(=O)NCC(F)(c2cc(C(C)(C)C)cc(-c3ccc(F)c(Cl)c3)n2)C(F)(F)F)ccc1OCCO. The van der Waals surface area contributed by atoms with Gasteiger partial charge >= 0.3 is 6.18 Å². The zero-order valence-electron chi connectivity index (χ0n) is 22.1. The fourth-order valence-electron chi connectivity index (χ4n) is 3.69. The van der Waals surface area contributed by atoms with Crippen LogP contribution in [0, 0.1) is 5.82 Å². The number of hydrogen-bond acceptors (Lipinski definition) is 5. The smallest absolute Gasteiger partial charge is 0.430 e. The van der Waals surface area contributed by atoms with E-state index in [4.69, 9.17) is 26.2 Å². The number of alkyl halides is 4. The zero-order chi connectivity index (χ0) is 29.9. The number of methoxy groups -OCH3 is 1. The minimum atomic E-state index is -5.47. The summed E-state index contributed by atoms with van der Waals surface area (Å²) in [5, 5.41) is 10.7. The molecule has 1 atom stereocenters. The van der Waals surface area contributed by atoms with E-state index in [2.05, 4.69) is 4.98 Å². The molecular formula is C28H28ClF5N2O4. The molecule has 2 aromatic carbocycles. The first kappa shape index (κ1) is 31.1. The highest BCUT2D eigenvalue weighted by Crippen LogP contribution is 2.43. The number of rotatable bonds is 9. The van der Waals surface area contributed by atoms with Gasteiger partial charge in [0.15, 0.2) is 11.5 Å². The van der Waals surface area contributed by atoms with Gasteiger partial charge in [-0.2, -0.15) is 13.2 Å². The Bertz CT molecular complexity index is 1380. The lowest BCUT2D eigenvalue weighted by atomic mass is 9.84. The van der Waals surface area contributed by atoms with Gasteiger partial charge in [0.2, 0.25) is 0 Å². The number of nitrogens with zero attached hydrogens (tertiary/aromatic N) is 1. The second-order valence-corrected chi connectivity index (χ2v) is 10.3. The van der Waals surface area contributed by atoms with E-state index in [9.17, 15) is 22.4 Å². The number of benzene rings is 2. The minimum Gasteiger partial charge on any atom is -0.493 e. The fraction of sp³-hybridized carbons (Fsp3) is 0.357. The van der Waals surface area contributed by atoms with Crippen LogP contribution < -0.4 is 14.8 Å². The van der Waals surface area contributed by atoms with Crippen molar-refractivity contribution >= 4 is 17.5 Å². The van der Waals surface area contributed by atoms with Gasteiger partial charge in [-0.3, -0.25) is 4.79 Å². The van der Waals surface area contributed by atoms with Crippen LogP contribution >= 0.6 is 11.6 Å². The van der Waals surface area contributed by atoms with Crippen molar-refractivity contribution in [3.63, 3.8) is 0 Å². The van der Waals surface area contributed by atoms with Gasteiger partial charge in [0.05, 0.1) is 36.7 Å². The first-order valence-corrected chi connectivity index (χ1v) is 12.4. The number of nitrogens with one attached hydrogen (secondary N) is 1. The molecule has 6 nitrogen and oxygen atoms in total. The van der Waals surface area contributed by atoms with Gasteiger partial charge in [-0.05, 0) is 59.5 Å². The molecular weight excluding hydrogens is 559 g/mol. The van der Waals surface area contributed by atoms with E-state index in [0.29, 0.717) is 5.56 Å². The maximum absolute atomic E-state index is 16.1. The summed E-state index contributed by atoms with van der Waals surface area (Å²) in [5.41, 5.74) is -5.44. The van der Waals surface area contributed by atoms with Crippen molar-refractivity contribution in [2.45, 2.75) is 38.0 Å². The highest BCUT2D eigenvalue weighted by atomic mass is 35.5. The van der Waals surface area contributed by atoms with E-state index in [1.807, 2.05) is 5.32 Å². The predicted octanol–water partition coefficient (Wildman–Crippen LogP) is 6.38. The first-order valence-electron chi connectivity index (χ1n) is 12.0. The third-order valence-electron chi connectivity index (χ3n) is 6.03. The summed E-state index contributed by atoms with van der Waals surface area (Å²) >= 11 is 5.86. The molecule has 0 fully saturated rings. The van der Waals surface area contributed by atoms with Gasteiger partial charge in [0.1, 0.15) is 12.4 Å². The third-order valence-corrected chi connectivity index (χ3v) is 6.32. The summed E-state index contributed by atoms with van der Waals surface area (Å²) in [6.45, 7) is 3.37. The number of ether oxygens (including phenoxy) is 2. The number of hydrogen-bond donors (Lipinski definition) is 2. The molecule has 40 heavy (non-hydrogen) atoms. The molecule has 0 aliphatic heterocycles. The summed E-state index contributed by atoms with van der Waals surface area (Å²) in [4.78, 5) is 16.7. The average molecular weight is 587 g/mol.